The van der Waals surface area contributed by atoms with Gasteiger partial charge in [0.15, 0.2) is 5.79 Å². The van der Waals surface area contributed by atoms with Gasteiger partial charge in [0.05, 0.1) is 12.2 Å². The number of hydrogen-bond acceptors (Lipinski definition) is 3. The van der Waals surface area contributed by atoms with Crippen LogP contribution in [0.2, 0.25) is 0 Å². The van der Waals surface area contributed by atoms with Gasteiger partial charge < -0.3 is 14.6 Å². The lowest BCUT2D eigenvalue weighted by molar-refractivity contribution is -0.180. The van der Waals surface area contributed by atoms with Crippen LogP contribution in [0, 0.1) is 0 Å². The molecule has 0 spiro atoms. The Morgan fingerprint density at radius 3 is 1.46 bits per heavy atom. The van der Waals surface area contributed by atoms with Gasteiger partial charge in [0.25, 0.3) is 0 Å². The maximum Gasteiger partial charge on any atom is 0.168 e. The molecular formula is C23H46O3. The predicted molar refractivity (Wildman–Crippen MR) is 110 cm³/mol. The van der Waals surface area contributed by atoms with Crippen molar-refractivity contribution in [2.75, 3.05) is 6.61 Å². The van der Waals surface area contributed by atoms with Crippen LogP contribution in [0.4, 0.5) is 0 Å². The molecule has 1 aliphatic rings. The van der Waals surface area contributed by atoms with Crippen molar-refractivity contribution in [3.63, 3.8) is 0 Å². The standard InChI is InChI=1S/C23H46O3/c1-4-7-8-9-12-15-18-21-22(26-23(5-2,6-3)25-21)19-16-13-10-11-14-17-20-24/h21-22,24H,4-20H2,1-3H3/t21-,22-/m0/s1. The van der Waals surface area contributed by atoms with Crippen molar-refractivity contribution in [2.24, 2.45) is 0 Å². The van der Waals surface area contributed by atoms with Gasteiger partial charge >= 0.3 is 0 Å². The number of unbranched alkanes of at least 4 members (excludes halogenated alkanes) is 10. The minimum Gasteiger partial charge on any atom is -0.396 e. The second kappa shape index (κ2) is 14.9. The van der Waals surface area contributed by atoms with Gasteiger partial charge in [-0.05, 0) is 32.1 Å². The number of hydrogen-bond donors (Lipinski definition) is 1. The third-order valence-corrected chi connectivity index (χ3v) is 5.96. The fourth-order valence-electron chi connectivity index (χ4n) is 4.09. The SMILES string of the molecule is CCCCCCCC[C@@H]1OC(CC)(CC)O[C@H]1CCCCCCCCO. The van der Waals surface area contributed by atoms with E-state index in [0.29, 0.717) is 18.8 Å². The molecule has 156 valence electrons. The first-order valence-corrected chi connectivity index (χ1v) is 11.7. The van der Waals surface area contributed by atoms with Gasteiger partial charge in [-0.2, -0.15) is 0 Å². The summed E-state index contributed by atoms with van der Waals surface area (Å²) >= 11 is 0. The molecule has 0 radical (unpaired) electrons. The number of ether oxygens (including phenoxy) is 2. The van der Waals surface area contributed by atoms with Crippen molar-refractivity contribution in [1.82, 2.24) is 0 Å². The van der Waals surface area contributed by atoms with Crippen LogP contribution in [-0.2, 0) is 9.47 Å². The smallest absolute Gasteiger partial charge is 0.168 e. The Hall–Kier alpha value is -0.120. The molecule has 26 heavy (non-hydrogen) atoms. The van der Waals surface area contributed by atoms with Crippen molar-refractivity contribution in [3.8, 4) is 0 Å². The minimum atomic E-state index is -0.321. The van der Waals surface area contributed by atoms with Gasteiger partial charge in [0.1, 0.15) is 0 Å². The monoisotopic (exact) mass is 370 g/mol. The largest absolute Gasteiger partial charge is 0.396 e. The molecule has 1 fully saturated rings. The van der Waals surface area contributed by atoms with Crippen molar-refractivity contribution >= 4 is 0 Å². The summed E-state index contributed by atoms with van der Waals surface area (Å²) in [6, 6.07) is 0. The summed E-state index contributed by atoms with van der Waals surface area (Å²) in [5.41, 5.74) is 0. The molecule has 0 aromatic carbocycles. The van der Waals surface area contributed by atoms with E-state index in [-0.39, 0.29) is 5.79 Å². The van der Waals surface area contributed by atoms with Crippen molar-refractivity contribution in [1.29, 1.82) is 0 Å². The molecule has 1 aliphatic heterocycles. The average molecular weight is 371 g/mol. The molecule has 0 aliphatic carbocycles. The highest BCUT2D eigenvalue weighted by Crippen LogP contribution is 2.38. The molecule has 0 aromatic heterocycles. The highest BCUT2D eigenvalue weighted by Gasteiger charge is 2.44. The van der Waals surface area contributed by atoms with E-state index < -0.39 is 0 Å². The zero-order valence-electron chi connectivity index (χ0n) is 17.9. The maximum atomic E-state index is 8.84. The fraction of sp³-hybridized carbons (Fsp3) is 1.00. The zero-order valence-corrected chi connectivity index (χ0v) is 17.9. The number of rotatable bonds is 17. The maximum absolute atomic E-state index is 8.84. The Bertz CT molecular complexity index is 315. The van der Waals surface area contributed by atoms with Crippen molar-refractivity contribution < 1.29 is 14.6 Å². The molecule has 1 heterocycles. The molecule has 1 saturated heterocycles. The summed E-state index contributed by atoms with van der Waals surface area (Å²) < 4.78 is 12.9. The number of aliphatic hydroxyl groups excluding tert-OH is 1. The molecule has 3 heteroatoms. The Morgan fingerprint density at radius 2 is 1.04 bits per heavy atom. The van der Waals surface area contributed by atoms with E-state index in [1.807, 2.05) is 0 Å². The van der Waals surface area contributed by atoms with Crippen LogP contribution >= 0.6 is 0 Å². The molecule has 0 bridgehead atoms. The first kappa shape index (κ1) is 23.9. The quantitative estimate of drug-likeness (QED) is 0.287. The van der Waals surface area contributed by atoms with E-state index in [1.165, 1.54) is 64.2 Å². The summed E-state index contributed by atoms with van der Waals surface area (Å²) in [7, 11) is 0. The summed E-state index contributed by atoms with van der Waals surface area (Å²) in [4.78, 5) is 0. The van der Waals surface area contributed by atoms with E-state index in [0.717, 1.165) is 38.5 Å². The predicted octanol–water partition coefficient (Wildman–Crippen LogP) is 6.76. The molecule has 0 aromatic rings. The third-order valence-electron chi connectivity index (χ3n) is 5.96. The lowest BCUT2D eigenvalue weighted by Crippen LogP contribution is -2.29. The molecule has 3 nitrogen and oxygen atoms in total. The van der Waals surface area contributed by atoms with E-state index in [9.17, 15) is 0 Å². The first-order valence-electron chi connectivity index (χ1n) is 11.7. The van der Waals surface area contributed by atoms with Crippen LogP contribution in [0.3, 0.4) is 0 Å². The highest BCUT2D eigenvalue weighted by molar-refractivity contribution is 4.85. The second-order valence-corrected chi connectivity index (χ2v) is 8.12. The summed E-state index contributed by atoms with van der Waals surface area (Å²) in [6.07, 6.45) is 20.0. The molecule has 1 N–H and O–H groups in total. The molecule has 0 amide bonds. The van der Waals surface area contributed by atoms with Gasteiger partial charge in [-0.1, -0.05) is 91.4 Å². The molecule has 1 rings (SSSR count). The van der Waals surface area contributed by atoms with Gasteiger partial charge in [0, 0.05) is 6.61 Å². The van der Waals surface area contributed by atoms with Crippen LogP contribution in [0.5, 0.6) is 0 Å². The third kappa shape index (κ3) is 9.19. The van der Waals surface area contributed by atoms with Gasteiger partial charge in [-0.25, -0.2) is 0 Å². The van der Waals surface area contributed by atoms with Crippen LogP contribution in [0.25, 0.3) is 0 Å². The summed E-state index contributed by atoms with van der Waals surface area (Å²) in [5, 5.41) is 8.84. The van der Waals surface area contributed by atoms with Crippen molar-refractivity contribution in [3.05, 3.63) is 0 Å². The fourth-order valence-corrected chi connectivity index (χ4v) is 4.09. The van der Waals surface area contributed by atoms with Crippen molar-refractivity contribution in [2.45, 2.75) is 141 Å². The Kier molecular flexibility index (Phi) is 13.7. The van der Waals surface area contributed by atoms with Crippen LogP contribution in [0.1, 0.15) is 124 Å². The average Bonchev–Trinajstić information content (AvgIpc) is 3.02. The topological polar surface area (TPSA) is 38.7 Å². The van der Waals surface area contributed by atoms with Gasteiger partial charge in [0.2, 0.25) is 0 Å². The van der Waals surface area contributed by atoms with E-state index >= 15 is 0 Å². The van der Waals surface area contributed by atoms with Crippen LogP contribution in [0.15, 0.2) is 0 Å². The highest BCUT2D eigenvalue weighted by atomic mass is 16.8. The Labute approximate surface area is 163 Å². The van der Waals surface area contributed by atoms with E-state index in [4.69, 9.17) is 14.6 Å². The zero-order chi connectivity index (χ0) is 19.1. The molecule has 0 unspecified atom stereocenters. The minimum absolute atomic E-state index is 0.294. The normalized spacial score (nSPS) is 22.2. The van der Waals surface area contributed by atoms with E-state index in [2.05, 4.69) is 20.8 Å². The van der Waals surface area contributed by atoms with Crippen LogP contribution in [-0.4, -0.2) is 29.7 Å². The number of aliphatic hydroxyl groups is 1. The Balaban J connectivity index is 2.30. The molecule has 0 saturated carbocycles. The molecular weight excluding hydrogens is 324 g/mol. The first-order chi connectivity index (χ1) is 12.7. The summed E-state index contributed by atoms with van der Waals surface area (Å²) in [6.45, 7) is 6.99. The van der Waals surface area contributed by atoms with Crippen LogP contribution < -0.4 is 0 Å². The molecule has 2 atom stereocenters. The van der Waals surface area contributed by atoms with Gasteiger partial charge in [-0.3, -0.25) is 0 Å². The lowest BCUT2D eigenvalue weighted by atomic mass is 9.99. The van der Waals surface area contributed by atoms with Gasteiger partial charge in [-0.15, -0.1) is 0 Å². The lowest BCUT2D eigenvalue weighted by Gasteiger charge is -2.25. The Morgan fingerprint density at radius 1 is 0.615 bits per heavy atom. The second-order valence-electron chi connectivity index (χ2n) is 8.12. The van der Waals surface area contributed by atoms with E-state index in [1.54, 1.807) is 0 Å². The summed E-state index contributed by atoms with van der Waals surface area (Å²) in [5.74, 6) is -0.321.